The van der Waals surface area contributed by atoms with E-state index in [9.17, 15) is 24.0 Å². The minimum atomic E-state index is -0.965. The van der Waals surface area contributed by atoms with E-state index in [1.54, 1.807) is 18.5 Å². The summed E-state index contributed by atoms with van der Waals surface area (Å²) in [6, 6.07) is 14.4. The Labute approximate surface area is 402 Å². The van der Waals surface area contributed by atoms with Gasteiger partial charge in [0, 0.05) is 95.0 Å². The van der Waals surface area contributed by atoms with Gasteiger partial charge in [-0.25, -0.2) is 9.97 Å². The third kappa shape index (κ3) is 9.68. The van der Waals surface area contributed by atoms with E-state index in [1.165, 1.54) is 19.3 Å². The largest absolute Gasteiger partial charge is 0.379 e. The highest BCUT2D eigenvalue weighted by Gasteiger charge is 2.45. The van der Waals surface area contributed by atoms with Gasteiger partial charge in [0.2, 0.25) is 11.8 Å². The van der Waals surface area contributed by atoms with Crippen molar-refractivity contribution in [1.29, 1.82) is 0 Å². The molecule has 2 aromatic carbocycles. The van der Waals surface area contributed by atoms with E-state index in [4.69, 9.17) is 14.7 Å². The second-order valence-electron chi connectivity index (χ2n) is 20.7. The van der Waals surface area contributed by atoms with Crippen molar-refractivity contribution in [1.82, 2.24) is 49.6 Å². The zero-order valence-electron chi connectivity index (χ0n) is 39.5. The molecule has 6 aliphatic heterocycles. The lowest BCUT2D eigenvalue weighted by Gasteiger charge is -2.41. The summed E-state index contributed by atoms with van der Waals surface area (Å²) in [7, 11) is 1.95. The molecule has 362 valence electrons. The van der Waals surface area contributed by atoms with Crippen LogP contribution in [0.5, 0.6) is 0 Å². The van der Waals surface area contributed by atoms with Gasteiger partial charge in [0.25, 0.3) is 17.7 Å². The Kier molecular flexibility index (Phi) is 12.6. The standard InChI is InChI=1S/C51H62N12O6/c1-58-32-52-57-44(58)25-51(30-69-31-51)36-5-2-6-37(22-36)54-47(65)42-23-38(53-46(55-42)35-7-8-35)29-61-15-3-4-34(28-61)27-59-16-13-33(14-17-59)26-60-18-20-62(21-19-60)39-9-10-40-41(24-39)50(68)63(49(40)67)43-11-12-45(64)56-48(43)66/h2,5-6,9-10,22-24,32-35,43H,3-4,7-8,11-21,25-31H2,1H3,(H,54,65)(H,56,64,66). The number of anilines is 2. The minimum absolute atomic E-state index is 0.0992. The molecule has 7 aliphatic rings. The Bertz CT molecular complexity index is 2630. The van der Waals surface area contributed by atoms with Crippen molar-refractivity contribution in [2.75, 3.05) is 88.9 Å². The number of ether oxygens (including phenoxy) is 1. The van der Waals surface area contributed by atoms with E-state index in [1.807, 2.05) is 35.9 Å². The molecule has 8 heterocycles. The molecule has 2 unspecified atom stereocenters. The van der Waals surface area contributed by atoms with E-state index in [-0.39, 0.29) is 30.1 Å². The summed E-state index contributed by atoms with van der Waals surface area (Å²) in [6.07, 6.45) is 9.55. The number of amides is 5. The van der Waals surface area contributed by atoms with Gasteiger partial charge in [-0.05, 0) is 118 Å². The highest BCUT2D eigenvalue weighted by Crippen LogP contribution is 2.39. The molecule has 18 nitrogen and oxygen atoms in total. The van der Waals surface area contributed by atoms with Crippen LogP contribution in [0.2, 0.25) is 0 Å². The van der Waals surface area contributed by atoms with Crippen LogP contribution in [-0.4, -0.2) is 159 Å². The van der Waals surface area contributed by atoms with Crippen LogP contribution in [0.3, 0.4) is 0 Å². The normalized spacial score (nSPS) is 23.8. The molecule has 69 heavy (non-hydrogen) atoms. The van der Waals surface area contributed by atoms with Crippen LogP contribution in [0.15, 0.2) is 54.9 Å². The molecule has 1 saturated carbocycles. The zero-order valence-corrected chi connectivity index (χ0v) is 39.5. The molecule has 0 spiro atoms. The van der Waals surface area contributed by atoms with Crippen LogP contribution in [0.4, 0.5) is 11.4 Å². The fraction of sp³-hybridized carbons (Fsp3) is 0.549. The highest BCUT2D eigenvalue weighted by atomic mass is 16.5. The number of aryl methyl sites for hydroxylation is 1. The predicted molar refractivity (Wildman–Crippen MR) is 255 cm³/mol. The van der Waals surface area contributed by atoms with Crippen LogP contribution < -0.4 is 15.5 Å². The fourth-order valence-electron chi connectivity index (χ4n) is 11.4. The molecule has 5 saturated heterocycles. The number of imide groups is 2. The minimum Gasteiger partial charge on any atom is -0.379 e. The lowest BCUT2D eigenvalue weighted by molar-refractivity contribution is -0.136. The van der Waals surface area contributed by atoms with Crippen LogP contribution in [-0.2, 0) is 39.8 Å². The number of benzene rings is 2. The molecule has 2 atom stereocenters. The number of rotatable bonds is 14. The highest BCUT2D eigenvalue weighted by molar-refractivity contribution is 6.23. The van der Waals surface area contributed by atoms with Crippen molar-refractivity contribution in [3.63, 3.8) is 0 Å². The Morgan fingerprint density at radius 2 is 1.59 bits per heavy atom. The van der Waals surface area contributed by atoms with Crippen molar-refractivity contribution in [2.45, 2.75) is 81.7 Å². The maximum absolute atomic E-state index is 13.9. The molecule has 6 fully saturated rings. The van der Waals surface area contributed by atoms with Crippen LogP contribution in [0.25, 0.3) is 0 Å². The zero-order chi connectivity index (χ0) is 47.2. The second-order valence-corrected chi connectivity index (χ2v) is 20.7. The van der Waals surface area contributed by atoms with E-state index < -0.39 is 23.8 Å². The molecule has 1 aliphatic carbocycles. The number of nitrogens with zero attached hydrogens (tertiary/aromatic N) is 10. The summed E-state index contributed by atoms with van der Waals surface area (Å²) >= 11 is 0. The molecule has 18 heteroatoms. The van der Waals surface area contributed by atoms with Gasteiger partial charge in [-0.2, -0.15) is 0 Å². The fourth-order valence-corrected chi connectivity index (χ4v) is 11.4. The van der Waals surface area contributed by atoms with Crippen molar-refractivity contribution >= 4 is 40.9 Å². The van der Waals surface area contributed by atoms with Crippen molar-refractivity contribution in [3.05, 3.63) is 94.6 Å². The lowest BCUT2D eigenvalue weighted by Crippen LogP contribution is -2.54. The van der Waals surface area contributed by atoms with Crippen LogP contribution in [0.1, 0.15) is 111 Å². The number of piperidine rings is 3. The topological polar surface area (TPSA) is 191 Å². The molecule has 0 radical (unpaired) electrons. The number of nitrogens with one attached hydrogen (secondary N) is 2. The lowest BCUT2D eigenvalue weighted by atomic mass is 9.75. The molecular formula is C51H62N12O6. The molecule has 11 rings (SSSR count). The second kappa shape index (κ2) is 19.1. The van der Waals surface area contributed by atoms with Crippen molar-refractivity contribution in [2.24, 2.45) is 18.9 Å². The number of piperazine rings is 1. The van der Waals surface area contributed by atoms with Gasteiger partial charge in [-0.3, -0.25) is 44.0 Å². The Hall–Kier alpha value is -5.95. The maximum Gasteiger partial charge on any atom is 0.274 e. The van der Waals surface area contributed by atoms with Crippen molar-refractivity contribution in [3.8, 4) is 0 Å². The molecule has 2 aromatic heterocycles. The quantitative estimate of drug-likeness (QED) is 0.175. The number of fused-ring (bicyclic) bond motifs is 1. The molecule has 5 amide bonds. The number of hydrogen-bond donors (Lipinski definition) is 2. The Balaban J connectivity index is 0.641. The van der Waals surface area contributed by atoms with Crippen LogP contribution in [0, 0.1) is 11.8 Å². The third-order valence-electron chi connectivity index (χ3n) is 15.7. The summed E-state index contributed by atoms with van der Waals surface area (Å²) in [4.78, 5) is 85.6. The van der Waals surface area contributed by atoms with E-state index in [0.29, 0.717) is 60.8 Å². The van der Waals surface area contributed by atoms with Gasteiger partial charge in [0.15, 0.2) is 0 Å². The number of hydrogen-bond acceptors (Lipinski definition) is 14. The number of likely N-dealkylation sites (tertiary alicyclic amines) is 2. The first-order valence-corrected chi connectivity index (χ1v) is 25.0. The first-order valence-electron chi connectivity index (χ1n) is 25.0. The molecule has 0 bridgehead atoms. The first kappa shape index (κ1) is 45.5. The summed E-state index contributed by atoms with van der Waals surface area (Å²) in [6.45, 7) is 11.9. The van der Waals surface area contributed by atoms with Gasteiger partial charge in [0.1, 0.15) is 29.7 Å². The van der Waals surface area contributed by atoms with E-state index in [0.717, 1.165) is 124 Å². The number of carbonyl (C=O) groups is 5. The molecular weight excluding hydrogens is 877 g/mol. The summed E-state index contributed by atoms with van der Waals surface area (Å²) in [5.41, 5.74) is 4.49. The summed E-state index contributed by atoms with van der Waals surface area (Å²) in [5.74, 6) is 1.12. The first-order chi connectivity index (χ1) is 33.5. The molecule has 2 N–H and O–H groups in total. The monoisotopic (exact) mass is 938 g/mol. The van der Waals surface area contributed by atoms with Gasteiger partial charge in [-0.15, -0.1) is 10.2 Å². The number of aromatic nitrogens is 5. The van der Waals surface area contributed by atoms with Crippen molar-refractivity contribution < 1.29 is 28.7 Å². The third-order valence-corrected chi connectivity index (χ3v) is 15.7. The average molecular weight is 939 g/mol. The van der Waals surface area contributed by atoms with E-state index in [2.05, 4.69) is 52.6 Å². The summed E-state index contributed by atoms with van der Waals surface area (Å²) in [5, 5.41) is 13.8. The SMILES string of the molecule is Cn1cnnc1CC1(c2cccc(NC(=O)c3cc(CN4CCCC(CN5CCC(CN6CCN(c7ccc8c(c7)C(=O)N(C7CCC(=O)NC7=O)C8=O)CC6)CC5)C4)nc(C4CC4)n3)c2)COC1. The number of carbonyl (C=O) groups excluding carboxylic acids is 5. The van der Waals surface area contributed by atoms with E-state index >= 15 is 0 Å². The average Bonchev–Trinajstić information content (AvgIpc) is 4.07. The van der Waals surface area contributed by atoms with Gasteiger partial charge < -0.3 is 24.4 Å². The predicted octanol–water partition coefficient (Wildman–Crippen LogP) is 3.39. The Morgan fingerprint density at radius 3 is 2.33 bits per heavy atom. The van der Waals surface area contributed by atoms with Gasteiger partial charge in [-0.1, -0.05) is 12.1 Å². The maximum atomic E-state index is 13.9. The summed E-state index contributed by atoms with van der Waals surface area (Å²) < 4.78 is 7.65. The molecule has 4 aromatic rings. The van der Waals surface area contributed by atoms with Gasteiger partial charge >= 0.3 is 0 Å². The van der Waals surface area contributed by atoms with Crippen LogP contribution >= 0.6 is 0 Å². The van der Waals surface area contributed by atoms with Gasteiger partial charge in [0.05, 0.1) is 30.0 Å². The Morgan fingerprint density at radius 1 is 0.812 bits per heavy atom. The smallest absolute Gasteiger partial charge is 0.274 e.